The molecule has 0 unspecified atom stereocenters. The number of anilines is 2. The maximum Gasteiger partial charge on any atom is 0.182 e. The number of ether oxygens (including phenoxy) is 2. The Labute approximate surface area is 229 Å². The number of benzene rings is 2. The minimum atomic E-state index is -0.365. The molecule has 0 fully saturated rings. The number of rotatable bonds is 4. The third kappa shape index (κ3) is 4.40. The van der Waals surface area contributed by atoms with E-state index in [4.69, 9.17) is 9.47 Å². The largest absolute Gasteiger partial charge is 0.497 e. The van der Waals surface area contributed by atoms with Crippen LogP contribution in [0.1, 0.15) is 80.4 Å². The molecule has 2 aromatic rings. The molecule has 0 saturated carbocycles. The van der Waals surface area contributed by atoms with E-state index < -0.39 is 0 Å². The lowest BCUT2D eigenvalue weighted by Gasteiger charge is -2.38. The standard InChI is InChI=1S/C33H44N2O3/c1-30(2,3)34-26-15-13-22(37-11)19-24(26)32(7,8)28(34)17-21(36)18-29-33(9,10)25-20-23(38-12)14-16-27(25)35(29)31(4,5)6/h13-20H,1-12H3/b28-17+,29-18+. The van der Waals surface area contributed by atoms with Crippen LogP contribution < -0.4 is 19.3 Å². The lowest BCUT2D eigenvalue weighted by molar-refractivity contribution is -0.110. The second-order valence-electron chi connectivity index (χ2n) is 13.5. The molecular formula is C33H44N2O3. The number of hydrogen-bond acceptors (Lipinski definition) is 5. The van der Waals surface area contributed by atoms with Gasteiger partial charge in [-0.25, -0.2) is 0 Å². The summed E-state index contributed by atoms with van der Waals surface area (Å²) < 4.78 is 11.1. The average molecular weight is 517 g/mol. The van der Waals surface area contributed by atoms with Gasteiger partial charge in [-0.2, -0.15) is 0 Å². The van der Waals surface area contributed by atoms with Gasteiger partial charge < -0.3 is 19.3 Å². The van der Waals surface area contributed by atoms with Crippen molar-refractivity contribution < 1.29 is 14.3 Å². The normalized spacial score (nSPS) is 20.1. The summed E-state index contributed by atoms with van der Waals surface area (Å²) in [5, 5.41) is 0. The smallest absolute Gasteiger partial charge is 0.182 e. The van der Waals surface area contributed by atoms with E-state index in [2.05, 4.69) is 103 Å². The Morgan fingerprint density at radius 2 is 1.03 bits per heavy atom. The molecule has 2 heterocycles. The molecule has 5 nitrogen and oxygen atoms in total. The van der Waals surface area contributed by atoms with Gasteiger partial charge in [-0.1, -0.05) is 27.7 Å². The van der Waals surface area contributed by atoms with Crippen LogP contribution in [0, 0.1) is 0 Å². The van der Waals surface area contributed by atoms with Crippen LogP contribution >= 0.6 is 0 Å². The van der Waals surface area contributed by atoms with Crippen molar-refractivity contribution in [2.75, 3.05) is 24.0 Å². The monoisotopic (exact) mass is 516 g/mol. The molecule has 2 aromatic carbocycles. The van der Waals surface area contributed by atoms with Gasteiger partial charge in [0.25, 0.3) is 0 Å². The van der Waals surface area contributed by atoms with Crippen molar-refractivity contribution >= 4 is 17.2 Å². The Bertz CT molecular complexity index is 1230. The zero-order valence-corrected chi connectivity index (χ0v) is 25.2. The Balaban J connectivity index is 1.86. The lowest BCUT2D eigenvalue weighted by Crippen LogP contribution is -2.42. The molecule has 204 valence electrons. The second kappa shape index (κ2) is 8.93. The molecule has 0 bridgehead atoms. The molecule has 0 aliphatic carbocycles. The number of ketones is 1. The molecule has 2 aliphatic rings. The maximum absolute atomic E-state index is 14.0. The molecule has 0 N–H and O–H groups in total. The lowest BCUT2D eigenvalue weighted by atomic mass is 9.82. The highest BCUT2D eigenvalue weighted by molar-refractivity contribution is 6.02. The molecule has 2 aliphatic heterocycles. The Hall–Kier alpha value is -3.21. The van der Waals surface area contributed by atoms with Crippen molar-refractivity contribution in [2.45, 2.75) is 91.1 Å². The van der Waals surface area contributed by atoms with Crippen molar-refractivity contribution in [3.05, 3.63) is 71.1 Å². The number of hydrogen-bond donors (Lipinski definition) is 0. The minimum Gasteiger partial charge on any atom is -0.497 e. The summed E-state index contributed by atoms with van der Waals surface area (Å²) >= 11 is 0. The van der Waals surface area contributed by atoms with Crippen LogP contribution in [0.4, 0.5) is 11.4 Å². The molecule has 0 spiro atoms. The van der Waals surface area contributed by atoms with Gasteiger partial charge in [0, 0.05) is 56.8 Å². The highest BCUT2D eigenvalue weighted by Gasteiger charge is 2.46. The minimum absolute atomic E-state index is 0.0146. The molecule has 0 atom stereocenters. The summed E-state index contributed by atoms with van der Waals surface area (Å²) in [4.78, 5) is 18.6. The van der Waals surface area contributed by atoms with Crippen molar-refractivity contribution in [2.24, 2.45) is 0 Å². The predicted octanol–water partition coefficient (Wildman–Crippen LogP) is 7.53. The number of nitrogens with zero attached hydrogens (tertiary/aromatic N) is 2. The van der Waals surface area contributed by atoms with Gasteiger partial charge >= 0.3 is 0 Å². The number of methoxy groups -OCH3 is 2. The van der Waals surface area contributed by atoms with E-state index in [-0.39, 0.29) is 27.7 Å². The molecule has 0 saturated heterocycles. The van der Waals surface area contributed by atoms with E-state index in [0.29, 0.717) is 0 Å². The summed E-state index contributed by atoms with van der Waals surface area (Å²) in [6.45, 7) is 21.9. The summed E-state index contributed by atoms with van der Waals surface area (Å²) in [6.07, 6.45) is 3.68. The average Bonchev–Trinajstić information content (AvgIpc) is 3.17. The topological polar surface area (TPSA) is 42.0 Å². The summed E-state index contributed by atoms with van der Waals surface area (Å²) in [7, 11) is 3.38. The SMILES string of the molecule is COc1ccc2c(c1)C(C)(C)/C(=C\C(=O)/C=C1/N(C(C)(C)C)c3ccc(OC)cc3C1(C)C)N2C(C)(C)C. The van der Waals surface area contributed by atoms with Crippen LogP contribution in [-0.4, -0.2) is 31.1 Å². The fourth-order valence-electron chi connectivity index (χ4n) is 6.02. The molecule has 0 amide bonds. The Kier molecular flexibility index (Phi) is 6.54. The van der Waals surface area contributed by atoms with Gasteiger partial charge in [-0.05, 0) is 89.1 Å². The third-order valence-electron chi connectivity index (χ3n) is 7.90. The summed E-state index contributed by atoms with van der Waals surface area (Å²) in [5.74, 6) is 1.63. The first-order valence-electron chi connectivity index (χ1n) is 13.4. The Morgan fingerprint density at radius 1 is 0.684 bits per heavy atom. The van der Waals surface area contributed by atoms with Crippen LogP contribution in [0.5, 0.6) is 11.5 Å². The number of fused-ring (bicyclic) bond motifs is 2. The second-order valence-corrected chi connectivity index (χ2v) is 13.5. The zero-order chi connectivity index (χ0) is 28.4. The zero-order valence-electron chi connectivity index (χ0n) is 25.2. The van der Waals surface area contributed by atoms with Crippen LogP contribution in [-0.2, 0) is 15.6 Å². The van der Waals surface area contributed by atoms with E-state index >= 15 is 0 Å². The van der Waals surface area contributed by atoms with Crippen LogP contribution in [0.15, 0.2) is 59.9 Å². The van der Waals surface area contributed by atoms with Gasteiger partial charge in [0.15, 0.2) is 5.78 Å². The molecule has 0 aromatic heterocycles. The number of allylic oxidation sites excluding steroid dienone is 4. The number of carbonyl (C=O) groups excluding carboxylic acids is 1. The van der Waals surface area contributed by atoms with Crippen molar-refractivity contribution in [3.8, 4) is 11.5 Å². The molecule has 38 heavy (non-hydrogen) atoms. The van der Waals surface area contributed by atoms with E-state index in [0.717, 1.165) is 45.4 Å². The van der Waals surface area contributed by atoms with Gasteiger partial charge in [0.2, 0.25) is 0 Å². The van der Waals surface area contributed by atoms with E-state index in [9.17, 15) is 4.79 Å². The van der Waals surface area contributed by atoms with Crippen LogP contribution in [0.25, 0.3) is 0 Å². The third-order valence-corrected chi connectivity index (χ3v) is 7.90. The summed E-state index contributed by atoms with van der Waals surface area (Å²) in [6, 6.07) is 12.4. The maximum atomic E-state index is 14.0. The first-order chi connectivity index (χ1) is 17.4. The highest BCUT2D eigenvalue weighted by Crippen LogP contribution is 2.53. The molecule has 4 rings (SSSR count). The van der Waals surface area contributed by atoms with Crippen molar-refractivity contribution in [1.29, 1.82) is 0 Å². The predicted molar refractivity (Wildman–Crippen MR) is 158 cm³/mol. The van der Waals surface area contributed by atoms with Crippen LogP contribution in [0.3, 0.4) is 0 Å². The highest BCUT2D eigenvalue weighted by atomic mass is 16.5. The first-order valence-corrected chi connectivity index (χ1v) is 13.4. The van der Waals surface area contributed by atoms with Crippen molar-refractivity contribution in [1.82, 2.24) is 0 Å². The van der Waals surface area contributed by atoms with E-state index in [1.54, 1.807) is 14.2 Å². The quantitative estimate of drug-likeness (QED) is 0.393. The molecule has 5 heteroatoms. The first kappa shape index (κ1) is 27.8. The fourth-order valence-corrected chi connectivity index (χ4v) is 6.02. The van der Waals surface area contributed by atoms with Gasteiger partial charge in [-0.15, -0.1) is 0 Å². The Morgan fingerprint density at radius 3 is 1.32 bits per heavy atom. The fraction of sp³-hybridized carbons (Fsp3) is 0.485. The summed E-state index contributed by atoms with van der Waals surface area (Å²) in [5.41, 5.74) is 5.39. The van der Waals surface area contributed by atoms with Crippen molar-refractivity contribution in [3.63, 3.8) is 0 Å². The van der Waals surface area contributed by atoms with Crippen LogP contribution in [0.2, 0.25) is 0 Å². The van der Waals surface area contributed by atoms with Gasteiger partial charge in [0.1, 0.15) is 11.5 Å². The van der Waals surface area contributed by atoms with Gasteiger partial charge in [0.05, 0.1) is 14.2 Å². The van der Waals surface area contributed by atoms with Gasteiger partial charge in [-0.3, -0.25) is 4.79 Å². The molecular weight excluding hydrogens is 472 g/mol. The van der Waals surface area contributed by atoms with E-state index in [1.807, 2.05) is 24.3 Å². The number of carbonyl (C=O) groups is 1. The van der Waals surface area contributed by atoms with E-state index in [1.165, 1.54) is 0 Å². The molecule has 0 radical (unpaired) electrons.